The molecule has 0 aliphatic heterocycles. The Kier molecular flexibility index (Phi) is 11.2. The van der Waals surface area contributed by atoms with Crippen molar-refractivity contribution in [3.05, 3.63) is 54.0 Å². The van der Waals surface area contributed by atoms with Crippen LogP contribution in [0.25, 0.3) is 0 Å². The molecule has 7 heteroatoms. The Morgan fingerprint density at radius 3 is 2.45 bits per heavy atom. The summed E-state index contributed by atoms with van der Waals surface area (Å²) in [5.74, 6) is 2.74. The number of halogens is 1. The molecule has 172 valence electrons. The normalized spacial score (nSPS) is 14.6. The number of hydrogen-bond donors (Lipinski definition) is 2. The highest BCUT2D eigenvalue weighted by molar-refractivity contribution is 14.0. The summed E-state index contributed by atoms with van der Waals surface area (Å²) in [6.45, 7) is 6.12. The van der Waals surface area contributed by atoms with E-state index in [2.05, 4.69) is 22.8 Å². The second-order valence-electron chi connectivity index (χ2n) is 7.89. The maximum atomic E-state index is 5.55. The molecule has 1 aliphatic rings. The van der Waals surface area contributed by atoms with Crippen molar-refractivity contribution >= 4 is 29.9 Å². The zero-order chi connectivity index (χ0) is 21.1. The molecule has 2 N–H and O–H groups in total. The van der Waals surface area contributed by atoms with Crippen LogP contribution in [0.2, 0.25) is 0 Å². The molecule has 0 radical (unpaired) electrons. The Labute approximate surface area is 203 Å². The number of ether oxygens (including phenoxy) is 2. The van der Waals surface area contributed by atoms with Crippen LogP contribution in [0.15, 0.2) is 52.1 Å². The molecule has 0 unspecified atom stereocenters. The minimum absolute atomic E-state index is 0. The summed E-state index contributed by atoms with van der Waals surface area (Å²) >= 11 is 0. The zero-order valence-corrected chi connectivity index (χ0v) is 21.0. The first-order valence-electron chi connectivity index (χ1n) is 11.0. The van der Waals surface area contributed by atoms with Crippen molar-refractivity contribution in [2.45, 2.75) is 39.0 Å². The van der Waals surface area contributed by atoms with Crippen LogP contribution in [0.1, 0.15) is 37.5 Å². The van der Waals surface area contributed by atoms with Gasteiger partial charge < -0.3 is 24.5 Å². The molecule has 0 atom stereocenters. The van der Waals surface area contributed by atoms with Gasteiger partial charge in [0.05, 0.1) is 13.4 Å². The van der Waals surface area contributed by atoms with Crippen LogP contribution < -0.4 is 15.4 Å². The fourth-order valence-electron chi connectivity index (χ4n) is 3.39. The number of hydrogen-bond acceptors (Lipinski definition) is 4. The van der Waals surface area contributed by atoms with Crippen molar-refractivity contribution in [2.24, 2.45) is 10.4 Å². The molecule has 1 fully saturated rings. The van der Waals surface area contributed by atoms with Crippen LogP contribution in [0.5, 0.6) is 5.75 Å². The average Bonchev–Trinajstić information content (AvgIpc) is 3.34. The lowest BCUT2D eigenvalue weighted by Gasteiger charge is -2.16. The van der Waals surface area contributed by atoms with Crippen molar-refractivity contribution < 1.29 is 13.9 Å². The van der Waals surface area contributed by atoms with E-state index in [4.69, 9.17) is 18.9 Å². The highest BCUT2D eigenvalue weighted by atomic mass is 127. The maximum Gasteiger partial charge on any atom is 0.191 e. The van der Waals surface area contributed by atoms with E-state index in [9.17, 15) is 0 Å². The number of methoxy groups -OCH3 is 1. The summed E-state index contributed by atoms with van der Waals surface area (Å²) in [5, 5.41) is 6.95. The van der Waals surface area contributed by atoms with Gasteiger partial charge in [-0.05, 0) is 67.9 Å². The molecule has 0 amide bonds. The average molecular weight is 541 g/mol. The molecule has 1 aromatic carbocycles. The predicted octanol–water partition coefficient (Wildman–Crippen LogP) is 4.43. The molecule has 0 bridgehead atoms. The Morgan fingerprint density at radius 1 is 1.10 bits per heavy atom. The molecule has 0 saturated heterocycles. The van der Waals surface area contributed by atoms with Crippen molar-refractivity contribution in [1.82, 2.24) is 10.6 Å². The van der Waals surface area contributed by atoms with Crippen LogP contribution in [0.3, 0.4) is 0 Å². The van der Waals surface area contributed by atoms with E-state index in [0.29, 0.717) is 5.41 Å². The Morgan fingerprint density at radius 2 is 1.84 bits per heavy atom. The summed E-state index contributed by atoms with van der Waals surface area (Å²) < 4.78 is 16.2. The second-order valence-corrected chi connectivity index (χ2v) is 7.89. The number of benzene rings is 1. The van der Waals surface area contributed by atoms with Gasteiger partial charge in [-0.15, -0.1) is 24.0 Å². The van der Waals surface area contributed by atoms with Crippen LogP contribution in [0, 0.1) is 5.41 Å². The first-order chi connectivity index (χ1) is 14.7. The first kappa shape index (κ1) is 25.5. The van der Waals surface area contributed by atoms with Crippen molar-refractivity contribution in [3.8, 4) is 5.75 Å². The standard InChI is InChI=1S/C24H35N3O3.HI/c1-3-29-18-14-24(12-13-24)19-27-23(26-16-11-22-5-4-17-30-22)25-15-10-20-6-8-21(28-2)9-7-20;/h4-9,17H,3,10-16,18-19H2,1-2H3,(H2,25,26,27);1H. The Bertz CT molecular complexity index is 759. The van der Waals surface area contributed by atoms with Gasteiger partial charge in [-0.1, -0.05) is 12.1 Å². The summed E-state index contributed by atoms with van der Waals surface area (Å²) in [4.78, 5) is 4.90. The zero-order valence-electron chi connectivity index (χ0n) is 18.7. The lowest BCUT2D eigenvalue weighted by Crippen LogP contribution is -2.40. The third-order valence-corrected chi connectivity index (χ3v) is 5.62. The summed E-state index contributed by atoms with van der Waals surface area (Å²) in [5.41, 5.74) is 1.61. The highest BCUT2D eigenvalue weighted by Crippen LogP contribution is 2.49. The molecule has 1 aromatic heterocycles. The Hall–Kier alpha value is -1.74. The summed E-state index contributed by atoms with van der Waals surface area (Å²) in [6, 6.07) is 12.1. The summed E-state index contributed by atoms with van der Waals surface area (Å²) in [6.07, 6.45) is 7.06. The van der Waals surface area contributed by atoms with E-state index >= 15 is 0 Å². The third kappa shape index (κ3) is 9.11. The molecule has 1 heterocycles. The highest BCUT2D eigenvalue weighted by Gasteiger charge is 2.41. The molecule has 2 aromatic rings. The van der Waals surface area contributed by atoms with Gasteiger partial charge in [0.25, 0.3) is 0 Å². The number of furan rings is 1. The molecule has 0 spiro atoms. The van der Waals surface area contributed by atoms with Crippen LogP contribution in [0.4, 0.5) is 0 Å². The van der Waals surface area contributed by atoms with E-state index in [-0.39, 0.29) is 24.0 Å². The molecule has 3 rings (SSSR count). The monoisotopic (exact) mass is 541 g/mol. The van der Waals surface area contributed by atoms with Crippen LogP contribution >= 0.6 is 24.0 Å². The molecule has 1 saturated carbocycles. The largest absolute Gasteiger partial charge is 0.497 e. The van der Waals surface area contributed by atoms with E-state index < -0.39 is 0 Å². The topological polar surface area (TPSA) is 68.0 Å². The summed E-state index contributed by atoms with van der Waals surface area (Å²) in [7, 11) is 1.69. The van der Waals surface area contributed by atoms with Gasteiger partial charge in [0.1, 0.15) is 11.5 Å². The molecule has 1 aliphatic carbocycles. The fourth-order valence-corrected chi connectivity index (χ4v) is 3.39. The number of nitrogens with one attached hydrogen (secondary N) is 2. The first-order valence-corrected chi connectivity index (χ1v) is 11.0. The number of nitrogens with zero attached hydrogens (tertiary/aromatic N) is 1. The quantitative estimate of drug-likeness (QED) is 0.170. The lowest BCUT2D eigenvalue weighted by atomic mass is 10.0. The minimum atomic E-state index is 0. The van der Waals surface area contributed by atoms with Crippen molar-refractivity contribution in [1.29, 1.82) is 0 Å². The van der Waals surface area contributed by atoms with Gasteiger partial charge in [-0.3, -0.25) is 4.99 Å². The third-order valence-electron chi connectivity index (χ3n) is 5.62. The SMILES string of the molecule is CCOCCC1(CN=C(NCCc2ccc(OC)cc2)NCCc2ccco2)CC1.I. The molecule has 31 heavy (non-hydrogen) atoms. The van der Waals surface area contributed by atoms with Gasteiger partial charge >= 0.3 is 0 Å². The van der Waals surface area contributed by atoms with Gasteiger partial charge in [-0.2, -0.15) is 0 Å². The van der Waals surface area contributed by atoms with Crippen LogP contribution in [-0.4, -0.2) is 45.9 Å². The van der Waals surface area contributed by atoms with E-state index in [1.165, 1.54) is 18.4 Å². The Balaban J connectivity index is 0.00000341. The number of rotatable bonds is 13. The van der Waals surface area contributed by atoms with Crippen molar-refractivity contribution in [3.63, 3.8) is 0 Å². The lowest BCUT2D eigenvalue weighted by molar-refractivity contribution is 0.129. The molecule has 6 nitrogen and oxygen atoms in total. The van der Waals surface area contributed by atoms with Gasteiger partial charge in [0.15, 0.2) is 5.96 Å². The van der Waals surface area contributed by atoms with E-state index in [1.807, 2.05) is 31.2 Å². The van der Waals surface area contributed by atoms with Gasteiger partial charge in [0.2, 0.25) is 0 Å². The minimum Gasteiger partial charge on any atom is -0.497 e. The van der Waals surface area contributed by atoms with E-state index in [0.717, 1.165) is 69.6 Å². The maximum absolute atomic E-state index is 5.55. The molecular weight excluding hydrogens is 505 g/mol. The van der Waals surface area contributed by atoms with Gasteiger partial charge in [-0.25, -0.2) is 0 Å². The van der Waals surface area contributed by atoms with E-state index in [1.54, 1.807) is 13.4 Å². The number of guanidine groups is 1. The predicted molar refractivity (Wildman–Crippen MR) is 136 cm³/mol. The fraction of sp³-hybridized carbons (Fsp3) is 0.542. The van der Waals surface area contributed by atoms with Crippen molar-refractivity contribution in [2.75, 3.05) is 40.0 Å². The number of aliphatic imine (C=N–C) groups is 1. The van der Waals surface area contributed by atoms with Gasteiger partial charge in [0, 0.05) is 39.3 Å². The second kappa shape index (κ2) is 13.6. The van der Waals surface area contributed by atoms with Crippen LogP contribution in [-0.2, 0) is 17.6 Å². The molecular formula is C24H36IN3O3. The smallest absolute Gasteiger partial charge is 0.191 e.